The van der Waals surface area contributed by atoms with E-state index < -0.39 is 0 Å². The van der Waals surface area contributed by atoms with Crippen molar-refractivity contribution in [2.75, 3.05) is 19.6 Å². The number of nitrogens with one attached hydrogen (secondary N) is 1. The number of hydrogen-bond acceptors (Lipinski definition) is 3. The quantitative estimate of drug-likeness (QED) is 0.830. The molecule has 1 amide bonds. The third-order valence-electron chi connectivity index (χ3n) is 3.34. The molecule has 1 aromatic rings. The molecular weight excluding hydrogens is 228 g/mol. The summed E-state index contributed by atoms with van der Waals surface area (Å²) in [5.41, 5.74) is 0.407. The third-order valence-corrected chi connectivity index (χ3v) is 3.34. The van der Waals surface area contributed by atoms with E-state index in [1.165, 1.54) is 0 Å². The summed E-state index contributed by atoms with van der Waals surface area (Å²) in [6, 6.07) is 7.17. The van der Waals surface area contributed by atoms with Crippen LogP contribution in [0.5, 0.6) is 5.75 Å². The third kappa shape index (κ3) is 2.64. The van der Waals surface area contributed by atoms with Crippen LogP contribution in [0.1, 0.15) is 19.4 Å². The smallest absolute Gasteiger partial charge is 0.229 e. The number of hydrogen-bond donors (Lipinski definition) is 2. The minimum Gasteiger partial charge on any atom is -0.508 e. The Kier molecular flexibility index (Phi) is 3.57. The number of carbonyl (C=O) groups excluding carboxylic acids is 1. The molecular formula is C14H20N2O2. The lowest BCUT2D eigenvalue weighted by Crippen LogP contribution is -2.41. The number of benzene rings is 1. The maximum absolute atomic E-state index is 12.4. The van der Waals surface area contributed by atoms with Crippen LogP contribution in [0.2, 0.25) is 0 Å². The van der Waals surface area contributed by atoms with Crippen molar-refractivity contribution in [2.24, 2.45) is 5.41 Å². The SMILES string of the molecule is CC1(C)CNCCN(Cc2ccccc2O)C1=O. The van der Waals surface area contributed by atoms with Gasteiger partial charge in [0.1, 0.15) is 5.75 Å². The summed E-state index contributed by atoms with van der Waals surface area (Å²) < 4.78 is 0. The predicted octanol–water partition coefficient (Wildman–Crippen LogP) is 1.35. The Labute approximate surface area is 108 Å². The highest BCUT2D eigenvalue weighted by Crippen LogP contribution is 2.24. The first-order valence-electron chi connectivity index (χ1n) is 6.28. The lowest BCUT2D eigenvalue weighted by atomic mass is 9.92. The van der Waals surface area contributed by atoms with Gasteiger partial charge in [-0.1, -0.05) is 18.2 Å². The van der Waals surface area contributed by atoms with Gasteiger partial charge >= 0.3 is 0 Å². The Bertz CT molecular complexity index is 443. The molecule has 0 spiro atoms. The molecule has 2 N–H and O–H groups in total. The summed E-state index contributed by atoms with van der Waals surface area (Å²) in [6.07, 6.45) is 0. The fourth-order valence-corrected chi connectivity index (χ4v) is 2.22. The molecule has 0 unspecified atom stereocenters. The van der Waals surface area contributed by atoms with E-state index in [1.54, 1.807) is 12.1 Å². The number of amides is 1. The van der Waals surface area contributed by atoms with Crippen molar-refractivity contribution in [1.29, 1.82) is 0 Å². The van der Waals surface area contributed by atoms with E-state index in [1.807, 2.05) is 30.9 Å². The van der Waals surface area contributed by atoms with Gasteiger partial charge in [0.15, 0.2) is 0 Å². The van der Waals surface area contributed by atoms with E-state index in [-0.39, 0.29) is 17.1 Å². The average molecular weight is 248 g/mol. The zero-order valence-corrected chi connectivity index (χ0v) is 10.9. The second kappa shape index (κ2) is 4.98. The van der Waals surface area contributed by atoms with Gasteiger partial charge in [-0.25, -0.2) is 0 Å². The minimum absolute atomic E-state index is 0.135. The average Bonchev–Trinajstić information content (AvgIpc) is 2.45. The van der Waals surface area contributed by atoms with Crippen LogP contribution in [0.3, 0.4) is 0 Å². The van der Waals surface area contributed by atoms with Crippen molar-refractivity contribution in [1.82, 2.24) is 10.2 Å². The van der Waals surface area contributed by atoms with Crippen molar-refractivity contribution in [2.45, 2.75) is 20.4 Å². The molecule has 0 radical (unpaired) electrons. The molecule has 0 aromatic heterocycles. The standard InChI is InChI=1S/C14H20N2O2/c1-14(2)10-15-7-8-16(13(14)18)9-11-5-3-4-6-12(11)17/h3-6,15,17H,7-10H2,1-2H3. The molecule has 0 aliphatic carbocycles. The van der Waals surface area contributed by atoms with E-state index in [9.17, 15) is 9.90 Å². The second-order valence-electron chi connectivity index (χ2n) is 5.42. The number of rotatable bonds is 2. The topological polar surface area (TPSA) is 52.6 Å². The summed E-state index contributed by atoms with van der Waals surface area (Å²) >= 11 is 0. The van der Waals surface area contributed by atoms with Gasteiger partial charge < -0.3 is 15.3 Å². The van der Waals surface area contributed by atoms with Gasteiger partial charge in [-0.2, -0.15) is 0 Å². The molecule has 2 rings (SSSR count). The lowest BCUT2D eigenvalue weighted by molar-refractivity contribution is -0.139. The normalized spacial score (nSPS) is 19.7. The molecule has 0 bridgehead atoms. The molecule has 4 heteroatoms. The first kappa shape index (κ1) is 12.9. The highest BCUT2D eigenvalue weighted by atomic mass is 16.3. The van der Waals surface area contributed by atoms with E-state index in [0.29, 0.717) is 19.6 Å². The van der Waals surface area contributed by atoms with Crippen LogP contribution in [-0.2, 0) is 11.3 Å². The van der Waals surface area contributed by atoms with Crippen LogP contribution in [-0.4, -0.2) is 35.5 Å². The number of para-hydroxylation sites is 1. The summed E-state index contributed by atoms with van der Waals surface area (Å²) in [5, 5.41) is 13.0. The zero-order chi connectivity index (χ0) is 13.2. The van der Waals surface area contributed by atoms with Crippen LogP contribution in [0.25, 0.3) is 0 Å². The number of phenols is 1. The predicted molar refractivity (Wildman–Crippen MR) is 70.2 cm³/mol. The summed E-state index contributed by atoms with van der Waals surface area (Å²) in [5.74, 6) is 0.385. The number of aromatic hydroxyl groups is 1. The molecule has 1 aromatic carbocycles. The van der Waals surface area contributed by atoms with Crippen LogP contribution >= 0.6 is 0 Å². The Morgan fingerprint density at radius 3 is 2.83 bits per heavy atom. The number of carbonyl (C=O) groups is 1. The molecule has 98 valence electrons. The lowest BCUT2D eigenvalue weighted by Gasteiger charge is -2.28. The van der Waals surface area contributed by atoms with Crippen LogP contribution in [0.15, 0.2) is 24.3 Å². The van der Waals surface area contributed by atoms with Crippen LogP contribution in [0, 0.1) is 5.41 Å². The molecule has 1 aliphatic rings. The van der Waals surface area contributed by atoms with E-state index in [2.05, 4.69) is 5.32 Å². The molecule has 0 saturated carbocycles. The Morgan fingerprint density at radius 1 is 1.39 bits per heavy atom. The summed E-state index contributed by atoms with van der Waals surface area (Å²) in [7, 11) is 0. The zero-order valence-electron chi connectivity index (χ0n) is 10.9. The van der Waals surface area contributed by atoms with Crippen LogP contribution in [0.4, 0.5) is 0 Å². The fraction of sp³-hybridized carbons (Fsp3) is 0.500. The molecule has 1 saturated heterocycles. The Morgan fingerprint density at radius 2 is 2.11 bits per heavy atom. The van der Waals surface area contributed by atoms with E-state index in [0.717, 1.165) is 12.1 Å². The van der Waals surface area contributed by atoms with E-state index in [4.69, 9.17) is 0 Å². The van der Waals surface area contributed by atoms with Crippen molar-refractivity contribution in [3.8, 4) is 5.75 Å². The Balaban J connectivity index is 2.17. The van der Waals surface area contributed by atoms with Gasteiger partial charge in [0.25, 0.3) is 0 Å². The maximum Gasteiger partial charge on any atom is 0.229 e. The molecule has 1 fully saturated rings. The van der Waals surface area contributed by atoms with Gasteiger partial charge in [-0.3, -0.25) is 4.79 Å². The number of phenolic OH excluding ortho intramolecular Hbond substituents is 1. The van der Waals surface area contributed by atoms with Crippen molar-refractivity contribution in [3.05, 3.63) is 29.8 Å². The van der Waals surface area contributed by atoms with Crippen molar-refractivity contribution in [3.63, 3.8) is 0 Å². The molecule has 1 aliphatic heterocycles. The van der Waals surface area contributed by atoms with Crippen LogP contribution < -0.4 is 5.32 Å². The minimum atomic E-state index is -0.388. The van der Waals surface area contributed by atoms with E-state index >= 15 is 0 Å². The van der Waals surface area contributed by atoms with Gasteiger partial charge in [-0.15, -0.1) is 0 Å². The monoisotopic (exact) mass is 248 g/mol. The molecule has 1 heterocycles. The van der Waals surface area contributed by atoms with Gasteiger partial charge in [0.2, 0.25) is 5.91 Å². The largest absolute Gasteiger partial charge is 0.508 e. The summed E-state index contributed by atoms with van der Waals surface area (Å²) in [6.45, 7) is 6.54. The fourth-order valence-electron chi connectivity index (χ4n) is 2.22. The molecule has 0 atom stereocenters. The Hall–Kier alpha value is -1.55. The molecule has 4 nitrogen and oxygen atoms in total. The first-order valence-corrected chi connectivity index (χ1v) is 6.28. The first-order chi connectivity index (χ1) is 8.50. The van der Waals surface area contributed by atoms with Gasteiger partial charge in [0.05, 0.1) is 5.41 Å². The summed E-state index contributed by atoms with van der Waals surface area (Å²) in [4.78, 5) is 14.2. The van der Waals surface area contributed by atoms with Gasteiger partial charge in [-0.05, 0) is 19.9 Å². The van der Waals surface area contributed by atoms with Gasteiger partial charge in [0, 0.05) is 31.7 Å². The van der Waals surface area contributed by atoms with Crippen molar-refractivity contribution < 1.29 is 9.90 Å². The highest BCUT2D eigenvalue weighted by Gasteiger charge is 2.33. The number of nitrogens with zero attached hydrogens (tertiary/aromatic N) is 1. The molecule has 18 heavy (non-hydrogen) atoms. The maximum atomic E-state index is 12.4. The second-order valence-corrected chi connectivity index (χ2v) is 5.42. The van der Waals surface area contributed by atoms with Crippen molar-refractivity contribution >= 4 is 5.91 Å². The highest BCUT2D eigenvalue weighted by molar-refractivity contribution is 5.82.